The molecule has 0 aliphatic heterocycles. The highest BCUT2D eigenvalue weighted by Gasteiger charge is 2.34. The standard InChI is InChI=1S/C30H34Cl2N4O7S/c1-5-6-16-33-30(38)21(3)34(18-25-26(31)8-7-9-27(25)32)29(37)19-35(22-11-13-23(43-4)14-12-22)44(41,42)24-15-10-20(2)28(17-24)36(39)40/h7-15,17,21H,5-6,16,18-19H2,1-4H3,(H,33,38)/t21-/m0/s1. The molecule has 0 radical (unpaired) electrons. The molecule has 0 aromatic heterocycles. The minimum atomic E-state index is -4.54. The molecule has 44 heavy (non-hydrogen) atoms. The number of anilines is 1. The summed E-state index contributed by atoms with van der Waals surface area (Å²) in [5.74, 6) is -0.737. The minimum Gasteiger partial charge on any atom is -0.497 e. The van der Waals surface area contributed by atoms with Crippen molar-refractivity contribution in [2.45, 2.75) is 51.1 Å². The van der Waals surface area contributed by atoms with Crippen LogP contribution in [0.5, 0.6) is 5.75 Å². The molecular weight excluding hydrogens is 631 g/mol. The molecule has 0 fully saturated rings. The van der Waals surface area contributed by atoms with Crippen molar-refractivity contribution in [3.05, 3.63) is 92.0 Å². The molecule has 1 N–H and O–H groups in total. The number of benzene rings is 3. The van der Waals surface area contributed by atoms with Gasteiger partial charge in [-0.25, -0.2) is 8.42 Å². The molecule has 3 rings (SSSR count). The van der Waals surface area contributed by atoms with Gasteiger partial charge in [-0.05, 0) is 62.7 Å². The van der Waals surface area contributed by atoms with Gasteiger partial charge in [0.25, 0.3) is 15.7 Å². The molecule has 0 aliphatic carbocycles. The van der Waals surface area contributed by atoms with Crippen LogP contribution in [-0.2, 0) is 26.2 Å². The number of aryl methyl sites for hydroxylation is 1. The van der Waals surface area contributed by atoms with E-state index in [1.165, 1.54) is 62.3 Å². The van der Waals surface area contributed by atoms with Crippen LogP contribution in [0.2, 0.25) is 10.0 Å². The van der Waals surface area contributed by atoms with Crippen molar-refractivity contribution in [2.75, 3.05) is 24.5 Å². The second kappa shape index (κ2) is 15.2. The number of carbonyl (C=O) groups is 2. The zero-order valence-electron chi connectivity index (χ0n) is 24.7. The highest BCUT2D eigenvalue weighted by molar-refractivity contribution is 7.92. The lowest BCUT2D eigenvalue weighted by Crippen LogP contribution is -2.51. The number of methoxy groups -OCH3 is 1. The molecule has 0 bridgehead atoms. The van der Waals surface area contributed by atoms with Crippen molar-refractivity contribution in [1.82, 2.24) is 10.2 Å². The Labute approximate surface area is 266 Å². The molecule has 3 aromatic rings. The second-order valence-corrected chi connectivity index (χ2v) is 12.6. The summed E-state index contributed by atoms with van der Waals surface area (Å²) in [4.78, 5) is 39.0. The number of nitrogens with zero attached hydrogens (tertiary/aromatic N) is 3. The smallest absolute Gasteiger partial charge is 0.273 e. The first-order valence-electron chi connectivity index (χ1n) is 13.7. The van der Waals surface area contributed by atoms with Crippen LogP contribution in [0.4, 0.5) is 11.4 Å². The first-order chi connectivity index (χ1) is 20.8. The van der Waals surface area contributed by atoms with E-state index in [2.05, 4.69) is 5.32 Å². The molecule has 1 atom stereocenters. The molecule has 0 heterocycles. The number of nitrogens with one attached hydrogen (secondary N) is 1. The van der Waals surface area contributed by atoms with Crippen LogP contribution in [0.15, 0.2) is 65.6 Å². The zero-order chi connectivity index (χ0) is 32.6. The van der Waals surface area contributed by atoms with Gasteiger partial charge in [-0.3, -0.25) is 24.0 Å². The quantitative estimate of drug-likeness (QED) is 0.132. The van der Waals surface area contributed by atoms with Gasteiger partial charge < -0.3 is 15.0 Å². The van der Waals surface area contributed by atoms with Crippen LogP contribution in [0.1, 0.15) is 37.8 Å². The van der Waals surface area contributed by atoms with Crippen LogP contribution in [-0.4, -0.2) is 56.3 Å². The van der Waals surface area contributed by atoms with E-state index in [1.54, 1.807) is 18.2 Å². The lowest BCUT2D eigenvalue weighted by atomic mass is 10.1. The Kier molecular flexibility index (Phi) is 12.0. The Morgan fingerprint density at radius 3 is 2.27 bits per heavy atom. The predicted molar refractivity (Wildman–Crippen MR) is 170 cm³/mol. The van der Waals surface area contributed by atoms with Crippen LogP contribution < -0.4 is 14.4 Å². The van der Waals surface area contributed by atoms with E-state index in [-0.39, 0.29) is 38.4 Å². The van der Waals surface area contributed by atoms with Crippen molar-refractivity contribution >= 4 is 56.4 Å². The number of amides is 2. The Bertz CT molecular complexity index is 1600. The third-order valence-electron chi connectivity index (χ3n) is 6.99. The van der Waals surface area contributed by atoms with Crippen molar-refractivity contribution in [1.29, 1.82) is 0 Å². The Balaban J connectivity index is 2.10. The van der Waals surface area contributed by atoms with E-state index in [1.807, 2.05) is 6.92 Å². The number of rotatable bonds is 14. The highest BCUT2D eigenvalue weighted by atomic mass is 35.5. The molecule has 0 saturated carbocycles. The molecule has 11 nitrogen and oxygen atoms in total. The molecular formula is C30H34Cl2N4O7S. The first kappa shape index (κ1) is 34.6. The van der Waals surface area contributed by atoms with E-state index in [4.69, 9.17) is 27.9 Å². The van der Waals surface area contributed by atoms with Gasteiger partial charge in [0.2, 0.25) is 11.8 Å². The van der Waals surface area contributed by atoms with Crippen LogP contribution in [0, 0.1) is 17.0 Å². The maximum Gasteiger partial charge on any atom is 0.273 e. The fourth-order valence-corrected chi connectivity index (χ4v) is 6.27. The van der Waals surface area contributed by atoms with Gasteiger partial charge >= 0.3 is 0 Å². The van der Waals surface area contributed by atoms with Crippen LogP contribution >= 0.6 is 23.2 Å². The van der Waals surface area contributed by atoms with Gasteiger partial charge in [0.05, 0.1) is 22.6 Å². The molecule has 2 amide bonds. The van der Waals surface area contributed by atoms with Crippen molar-refractivity contribution < 1.29 is 27.7 Å². The van der Waals surface area contributed by atoms with Crippen molar-refractivity contribution in [3.8, 4) is 5.75 Å². The lowest BCUT2D eigenvalue weighted by molar-refractivity contribution is -0.385. The zero-order valence-corrected chi connectivity index (χ0v) is 27.1. The Morgan fingerprint density at radius 2 is 1.70 bits per heavy atom. The van der Waals surface area contributed by atoms with Crippen molar-refractivity contribution in [3.63, 3.8) is 0 Å². The summed E-state index contributed by atoms with van der Waals surface area (Å²) in [5.41, 5.74) is 0.356. The number of hydrogen-bond acceptors (Lipinski definition) is 7. The lowest BCUT2D eigenvalue weighted by Gasteiger charge is -2.32. The summed E-state index contributed by atoms with van der Waals surface area (Å²) in [6.45, 7) is 4.45. The first-order valence-corrected chi connectivity index (χ1v) is 15.9. The fourth-order valence-electron chi connectivity index (χ4n) is 4.32. The Morgan fingerprint density at radius 1 is 1.07 bits per heavy atom. The third-order valence-corrected chi connectivity index (χ3v) is 9.47. The molecule has 236 valence electrons. The molecule has 0 saturated heterocycles. The maximum atomic E-state index is 14.1. The number of hydrogen-bond donors (Lipinski definition) is 1. The summed E-state index contributed by atoms with van der Waals surface area (Å²) in [6.07, 6.45) is 1.58. The topological polar surface area (TPSA) is 139 Å². The number of carbonyl (C=O) groups excluding carboxylic acids is 2. The summed E-state index contributed by atoms with van der Waals surface area (Å²) in [6, 6.07) is 13.2. The summed E-state index contributed by atoms with van der Waals surface area (Å²) in [5, 5.41) is 14.9. The molecule has 0 unspecified atom stereocenters. The van der Waals surface area contributed by atoms with Crippen LogP contribution in [0.25, 0.3) is 0 Å². The van der Waals surface area contributed by atoms with Crippen LogP contribution in [0.3, 0.4) is 0 Å². The summed E-state index contributed by atoms with van der Waals surface area (Å²) >= 11 is 12.8. The SMILES string of the molecule is CCCCNC(=O)[C@H](C)N(Cc1c(Cl)cccc1Cl)C(=O)CN(c1ccc(OC)cc1)S(=O)(=O)c1ccc(C)c([N+](=O)[O-])c1. The van der Waals surface area contributed by atoms with Gasteiger partial charge in [0.15, 0.2) is 0 Å². The molecule has 14 heteroatoms. The number of sulfonamides is 1. The molecule has 0 spiro atoms. The van der Waals surface area contributed by atoms with Gasteiger partial charge in [-0.15, -0.1) is 0 Å². The van der Waals surface area contributed by atoms with Gasteiger partial charge in [-0.2, -0.15) is 0 Å². The normalized spacial score (nSPS) is 11.9. The van der Waals surface area contributed by atoms with E-state index in [0.29, 0.717) is 17.9 Å². The minimum absolute atomic E-state index is 0.0955. The largest absolute Gasteiger partial charge is 0.497 e. The van der Waals surface area contributed by atoms with E-state index < -0.39 is 39.3 Å². The highest BCUT2D eigenvalue weighted by Crippen LogP contribution is 2.31. The number of halogens is 2. The molecule has 0 aliphatic rings. The predicted octanol–water partition coefficient (Wildman–Crippen LogP) is 5.75. The van der Waals surface area contributed by atoms with E-state index in [0.717, 1.165) is 23.2 Å². The van der Waals surface area contributed by atoms with E-state index in [9.17, 15) is 28.1 Å². The molecule has 3 aromatic carbocycles. The number of nitro benzene ring substituents is 1. The number of unbranched alkanes of at least 4 members (excludes halogenated alkanes) is 1. The number of nitro groups is 1. The third kappa shape index (κ3) is 8.19. The van der Waals surface area contributed by atoms with E-state index >= 15 is 0 Å². The summed E-state index contributed by atoms with van der Waals surface area (Å²) in [7, 11) is -3.09. The number of ether oxygens (including phenoxy) is 1. The van der Waals surface area contributed by atoms with Gasteiger partial charge in [0.1, 0.15) is 18.3 Å². The maximum absolute atomic E-state index is 14.1. The summed E-state index contributed by atoms with van der Waals surface area (Å²) < 4.78 is 34.1. The van der Waals surface area contributed by atoms with Gasteiger partial charge in [0, 0.05) is 40.3 Å². The van der Waals surface area contributed by atoms with Crippen molar-refractivity contribution in [2.24, 2.45) is 0 Å². The van der Waals surface area contributed by atoms with Gasteiger partial charge in [-0.1, -0.05) is 48.7 Å². The average molecular weight is 666 g/mol. The monoisotopic (exact) mass is 664 g/mol. The fraction of sp³-hybridized carbons (Fsp3) is 0.333. The Hall–Kier alpha value is -3.87. The average Bonchev–Trinajstić information content (AvgIpc) is 2.99. The second-order valence-electron chi connectivity index (χ2n) is 9.96.